The van der Waals surface area contributed by atoms with E-state index in [1.165, 1.54) is 0 Å². The normalized spacial score (nSPS) is 11.0. The van der Waals surface area contributed by atoms with Gasteiger partial charge in [-0.05, 0) is 48.7 Å². The smallest absolute Gasteiger partial charge is 0.336 e. The molecule has 0 amide bonds. The zero-order chi connectivity index (χ0) is 15.5. The van der Waals surface area contributed by atoms with Gasteiger partial charge in [0.1, 0.15) is 5.69 Å². The predicted molar refractivity (Wildman–Crippen MR) is 85.0 cm³/mol. The molecule has 0 bridgehead atoms. The molecule has 1 aromatic carbocycles. The molecule has 0 saturated heterocycles. The molecule has 0 fully saturated rings. The Hall–Kier alpha value is -2.62. The van der Waals surface area contributed by atoms with Gasteiger partial charge in [-0.15, -0.1) is 0 Å². The van der Waals surface area contributed by atoms with E-state index in [-0.39, 0.29) is 5.56 Å². The van der Waals surface area contributed by atoms with Crippen LogP contribution in [0, 0.1) is 0 Å². The molecule has 0 atom stereocenters. The Kier molecular flexibility index (Phi) is 3.92. The summed E-state index contributed by atoms with van der Waals surface area (Å²) in [4.78, 5) is 16.1. The first kappa shape index (κ1) is 14.3. The highest BCUT2D eigenvalue weighted by Gasteiger charge is 2.14. The molecule has 0 aliphatic carbocycles. The van der Waals surface area contributed by atoms with Crippen molar-refractivity contribution in [2.45, 2.75) is 26.2 Å². The van der Waals surface area contributed by atoms with Crippen molar-refractivity contribution in [3.63, 3.8) is 0 Å². The van der Waals surface area contributed by atoms with Crippen molar-refractivity contribution in [1.29, 1.82) is 0 Å². The van der Waals surface area contributed by atoms with E-state index in [1.54, 1.807) is 24.5 Å². The second-order valence-electron chi connectivity index (χ2n) is 5.29. The summed E-state index contributed by atoms with van der Waals surface area (Å²) in [6, 6.07) is 11.0. The third kappa shape index (κ3) is 2.72. The molecular formula is C18H17NO3. The Morgan fingerprint density at radius 3 is 2.82 bits per heavy atom. The number of pyridine rings is 1. The number of carbonyl (C=O) groups is 1. The average Bonchev–Trinajstić information content (AvgIpc) is 3.06. The van der Waals surface area contributed by atoms with Gasteiger partial charge in [-0.25, -0.2) is 9.78 Å². The van der Waals surface area contributed by atoms with Gasteiger partial charge in [0.25, 0.3) is 0 Å². The van der Waals surface area contributed by atoms with E-state index in [1.807, 2.05) is 18.2 Å². The van der Waals surface area contributed by atoms with Crippen LogP contribution in [0.25, 0.3) is 22.4 Å². The number of hydrogen-bond acceptors (Lipinski definition) is 3. The zero-order valence-corrected chi connectivity index (χ0v) is 12.4. The molecular weight excluding hydrogens is 278 g/mol. The molecule has 112 valence electrons. The quantitative estimate of drug-likeness (QED) is 0.750. The highest BCUT2D eigenvalue weighted by molar-refractivity contribution is 6.03. The van der Waals surface area contributed by atoms with Crippen LogP contribution >= 0.6 is 0 Å². The number of unbranched alkanes of at least 4 members (excludes halogenated alkanes) is 1. The van der Waals surface area contributed by atoms with Crippen LogP contribution in [0.4, 0.5) is 0 Å². The van der Waals surface area contributed by atoms with Crippen LogP contribution in [0.1, 0.15) is 35.7 Å². The van der Waals surface area contributed by atoms with Gasteiger partial charge in [-0.1, -0.05) is 19.4 Å². The standard InChI is InChI=1S/C18H17NO3/c1-2-3-5-12-7-8-15-13(10-12)14(18(20)21)11-16(19-15)17-6-4-9-22-17/h4,6-11H,2-3,5H2,1H3,(H,20,21). The maximum absolute atomic E-state index is 11.6. The van der Waals surface area contributed by atoms with E-state index in [2.05, 4.69) is 11.9 Å². The summed E-state index contributed by atoms with van der Waals surface area (Å²) < 4.78 is 5.32. The molecule has 2 aromatic heterocycles. The third-order valence-electron chi connectivity index (χ3n) is 3.70. The third-order valence-corrected chi connectivity index (χ3v) is 3.70. The summed E-state index contributed by atoms with van der Waals surface area (Å²) in [7, 11) is 0. The molecule has 1 N–H and O–H groups in total. The van der Waals surface area contributed by atoms with Crippen molar-refractivity contribution >= 4 is 16.9 Å². The van der Waals surface area contributed by atoms with Crippen LogP contribution < -0.4 is 0 Å². The van der Waals surface area contributed by atoms with E-state index in [9.17, 15) is 9.90 Å². The minimum atomic E-state index is -0.951. The van der Waals surface area contributed by atoms with Crippen LogP contribution in [-0.4, -0.2) is 16.1 Å². The molecule has 4 heteroatoms. The van der Waals surface area contributed by atoms with Crippen molar-refractivity contribution in [2.75, 3.05) is 0 Å². The molecule has 3 rings (SSSR count). The molecule has 0 unspecified atom stereocenters. The molecule has 2 heterocycles. The number of aromatic carboxylic acids is 1. The van der Waals surface area contributed by atoms with E-state index in [0.717, 1.165) is 24.8 Å². The predicted octanol–water partition coefficient (Wildman–Crippen LogP) is 4.54. The number of rotatable bonds is 5. The van der Waals surface area contributed by atoms with Gasteiger partial charge in [0.05, 0.1) is 17.3 Å². The number of nitrogens with zero attached hydrogens (tertiary/aromatic N) is 1. The molecule has 22 heavy (non-hydrogen) atoms. The fourth-order valence-electron chi connectivity index (χ4n) is 2.54. The van der Waals surface area contributed by atoms with Crippen LogP contribution in [0.2, 0.25) is 0 Å². The fraction of sp³-hybridized carbons (Fsp3) is 0.222. The Labute approximate surface area is 128 Å². The summed E-state index contributed by atoms with van der Waals surface area (Å²) in [6.07, 6.45) is 4.70. The van der Waals surface area contributed by atoms with Crippen LogP contribution in [-0.2, 0) is 6.42 Å². The maximum Gasteiger partial charge on any atom is 0.336 e. The molecule has 0 aliphatic heterocycles. The Morgan fingerprint density at radius 2 is 2.14 bits per heavy atom. The lowest BCUT2D eigenvalue weighted by Crippen LogP contribution is -2.01. The van der Waals surface area contributed by atoms with Crippen LogP contribution in [0.5, 0.6) is 0 Å². The lowest BCUT2D eigenvalue weighted by Gasteiger charge is -2.08. The Balaban J connectivity index is 2.15. The minimum absolute atomic E-state index is 0.259. The molecule has 0 radical (unpaired) electrons. The summed E-state index contributed by atoms with van der Waals surface area (Å²) in [5.41, 5.74) is 2.61. The second-order valence-corrected chi connectivity index (χ2v) is 5.29. The number of fused-ring (bicyclic) bond motifs is 1. The molecule has 4 nitrogen and oxygen atoms in total. The lowest BCUT2D eigenvalue weighted by molar-refractivity contribution is 0.0699. The SMILES string of the molecule is CCCCc1ccc2nc(-c3ccco3)cc(C(=O)O)c2c1. The number of furan rings is 1. The van der Waals surface area contributed by atoms with Crippen LogP contribution in [0.3, 0.4) is 0 Å². The maximum atomic E-state index is 11.6. The van der Waals surface area contributed by atoms with Gasteiger partial charge >= 0.3 is 5.97 Å². The summed E-state index contributed by atoms with van der Waals surface area (Å²) >= 11 is 0. The minimum Gasteiger partial charge on any atom is -0.478 e. The first-order chi connectivity index (χ1) is 10.7. The van der Waals surface area contributed by atoms with E-state index < -0.39 is 5.97 Å². The Bertz CT molecular complexity index is 807. The Morgan fingerprint density at radius 1 is 1.27 bits per heavy atom. The summed E-state index contributed by atoms with van der Waals surface area (Å²) in [6.45, 7) is 2.14. The highest BCUT2D eigenvalue weighted by Crippen LogP contribution is 2.26. The van der Waals surface area contributed by atoms with Gasteiger partial charge in [-0.3, -0.25) is 0 Å². The highest BCUT2D eigenvalue weighted by atomic mass is 16.4. The van der Waals surface area contributed by atoms with Gasteiger partial charge in [0.15, 0.2) is 5.76 Å². The first-order valence-electron chi connectivity index (χ1n) is 7.40. The van der Waals surface area contributed by atoms with Gasteiger partial charge in [-0.2, -0.15) is 0 Å². The van der Waals surface area contributed by atoms with E-state index in [4.69, 9.17) is 4.42 Å². The number of hydrogen-bond donors (Lipinski definition) is 1. The van der Waals surface area contributed by atoms with Crippen molar-refractivity contribution < 1.29 is 14.3 Å². The van der Waals surface area contributed by atoms with Gasteiger partial charge < -0.3 is 9.52 Å². The van der Waals surface area contributed by atoms with Gasteiger partial charge in [0, 0.05) is 5.39 Å². The summed E-state index contributed by atoms with van der Waals surface area (Å²) in [5.74, 6) is -0.382. The topological polar surface area (TPSA) is 63.3 Å². The number of aromatic nitrogens is 1. The van der Waals surface area contributed by atoms with Crippen molar-refractivity contribution in [1.82, 2.24) is 4.98 Å². The summed E-state index contributed by atoms with van der Waals surface area (Å²) in [5, 5.41) is 10.2. The first-order valence-corrected chi connectivity index (χ1v) is 7.40. The van der Waals surface area contributed by atoms with Crippen molar-refractivity contribution in [2.24, 2.45) is 0 Å². The molecule has 0 saturated carbocycles. The molecule has 0 aliphatic rings. The fourth-order valence-corrected chi connectivity index (χ4v) is 2.54. The number of carboxylic acids is 1. The molecule has 0 spiro atoms. The lowest BCUT2D eigenvalue weighted by atomic mass is 10.0. The zero-order valence-electron chi connectivity index (χ0n) is 12.4. The van der Waals surface area contributed by atoms with E-state index in [0.29, 0.717) is 22.4 Å². The second kappa shape index (κ2) is 6.02. The monoisotopic (exact) mass is 295 g/mol. The number of aryl methyl sites for hydroxylation is 1. The van der Waals surface area contributed by atoms with Crippen molar-refractivity contribution in [3.8, 4) is 11.5 Å². The van der Waals surface area contributed by atoms with Gasteiger partial charge in [0.2, 0.25) is 0 Å². The average molecular weight is 295 g/mol. The number of benzene rings is 1. The number of carboxylic acid groups (broad SMARTS) is 1. The van der Waals surface area contributed by atoms with Crippen LogP contribution in [0.15, 0.2) is 47.1 Å². The largest absolute Gasteiger partial charge is 0.478 e. The molecule has 3 aromatic rings. The van der Waals surface area contributed by atoms with Crippen molar-refractivity contribution in [3.05, 3.63) is 53.8 Å². The van der Waals surface area contributed by atoms with E-state index >= 15 is 0 Å².